The van der Waals surface area contributed by atoms with Crippen LogP contribution in [0.3, 0.4) is 0 Å². The number of carbonyl (C=O) groups excluding carboxylic acids is 2. The molecule has 0 saturated carbocycles. The highest BCUT2D eigenvalue weighted by Crippen LogP contribution is 2.30. The van der Waals surface area contributed by atoms with Gasteiger partial charge in [-0.1, -0.05) is 30.3 Å². The number of aromatic nitrogens is 3. The lowest BCUT2D eigenvalue weighted by Crippen LogP contribution is -2.50. The molecule has 9 nitrogen and oxygen atoms in total. The number of ether oxygens (including phenoxy) is 2. The smallest absolute Gasteiger partial charge is 0.283 e. The largest absolute Gasteiger partial charge is 0.485 e. The number of hydrogen-bond acceptors (Lipinski definition) is 6. The van der Waals surface area contributed by atoms with E-state index in [1.807, 2.05) is 42.5 Å². The number of fused-ring (bicyclic) bond motifs is 1. The van der Waals surface area contributed by atoms with Crippen LogP contribution in [0.5, 0.6) is 11.5 Å². The Balaban J connectivity index is 1.34. The third kappa shape index (κ3) is 4.24. The molecule has 2 amide bonds. The van der Waals surface area contributed by atoms with Crippen LogP contribution in [0.25, 0.3) is 16.9 Å². The molecule has 2 aromatic carbocycles. The standard InChI is InChI=1S/C24H19N5O4/c30-23(26-27-24(31)21-15-32-19-10-4-5-11-20(19)33-21)18-14-29(17-8-2-1-3-9-17)28-22(18)16-7-6-12-25-13-16/h1-14,21H,15H2,(H,26,30)(H,27,31). The Morgan fingerprint density at radius 1 is 0.939 bits per heavy atom. The van der Waals surface area contributed by atoms with E-state index < -0.39 is 17.9 Å². The van der Waals surface area contributed by atoms with Crippen LogP contribution in [0.15, 0.2) is 85.3 Å². The second-order valence-electron chi connectivity index (χ2n) is 7.22. The van der Waals surface area contributed by atoms with Gasteiger partial charge in [0.25, 0.3) is 11.8 Å². The van der Waals surface area contributed by atoms with Crippen molar-refractivity contribution in [2.24, 2.45) is 0 Å². The summed E-state index contributed by atoms with van der Waals surface area (Å²) in [4.78, 5) is 29.7. The summed E-state index contributed by atoms with van der Waals surface area (Å²) in [7, 11) is 0. The zero-order valence-electron chi connectivity index (χ0n) is 17.3. The molecule has 1 unspecified atom stereocenters. The van der Waals surface area contributed by atoms with E-state index in [9.17, 15) is 9.59 Å². The van der Waals surface area contributed by atoms with Gasteiger partial charge in [-0.25, -0.2) is 4.68 Å². The van der Waals surface area contributed by atoms with Gasteiger partial charge in [0.1, 0.15) is 12.3 Å². The maximum Gasteiger partial charge on any atom is 0.283 e. The number of pyridine rings is 1. The van der Waals surface area contributed by atoms with E-state index in [0.29, 0.717) is 22.8 Å². The topological polar surface area (TPSA) is 107 Å². The van der Waals surface area contributed by atoms with Crippen LogP contribution in [-0.4, -0.2) is 39.3 Å². The summed E-state index contributed by atoms with van der Waals surface area (Å²) in [6, 6.07) is 20.1. The predicted octanol–water partition coefficient (Wildman–Crippen LogP) is 2.54. The van der Waals surface area contributed by atoms with Crippen molar-refractivity contribution < 1.29 is 19.1 Å². The molecule has 33 heavy (non-hydrogen) atoms. The number of amides is 2. The molecule has 0 bridgehead atoms. The second kappa shape index (κ2) is 8.83. The fourth-order valence-electron chi connectivity index (χ4n) is 3.38. The van der Waals surface area contributed by atoms with Crippen molar-refractivity contribution in [3.05, 3.63) is 90.9 Å². The normalized spacial score (nSPS) is 14.4. The Bertz CT molecular complexity index is 1290. The number of nitrogens with one attached hydrogen (secondary N) is 2. The zero-order chi connectivity index (χ0) is 22.6. The van der Waals surface area contributed by atoms with E-state index in [1.165, 1.54) is 0 Å². The number of benzene rings is 2. The SMILES string of the molecule is O=C(NNC(=O)C1COc2ccccc2O1)c1cn(-c2ccccc2)nc1-c1cccnc1. The van der Waals surface area contributed by atoms with Crippen molar-refractivity contribution in [2.45, 2.75) is 6.10 Å². The summed E-state index contributed by atoms with van der Waals surface area (Å²) >= 11 is 0. The fraction of sp³-hybridized carbons (Fsp3) is 0.0833. The highest BCUT2D eigenvalue weighted by atomic mass is 16.6. The van der Waals surface area contributed by atoms with Crippen molar-refractivity contribution in [1.29, 1.82) is 0 Å². The van der Waals surface area contributed by atoms with Crippen LogP contribution >= 0.6 is 0 Å². The first-order valence-corrected chi connectivity index (χ1v) is 10.2. The van der Waals surface area contributed by atoms with Gasteiger partial charge in [-0.05, 0) is 36.4 Å². The first kappa shape index (κ1) is 20.3. The molecular weight excluding hydrogens is 422 g/mol. The number of para-hydroxylation sites is 3. The summed E-state index contributed by atoms with van der Waals surface area (Å²) < 4.78 is 12.8. The molecular formula is C24H19N5O4. The monoisotopic (exact) mass is 441 g/mol. The molecule has 1 atom stereocenters. The van der Waals surface area contributed by atoms with Crippen LogP contribution in [-0.2, 0) is 4.79 Å². The first-order valence-electron chi connectivity index (χ1n) is 10.2. The number of hydrazine groups is 1. The quantitative estimate of drug-likeness (QED) is 0.472. The van der Waals surface area contributed by atoms with Crippen molar-refractivity contribution in [1.82, 2.24) is 25.6 Å². The second-order valence-corrected chi connectivity index (χ2v) is 7.22. The Hall–Kier alpha value is -4.66. The van der Waals surface area contributed by atoms with Crippen molar-refractivity contribution >= 4 is 11.8 Å². The summed E-state index contributed by atoms with van der Waals surface area (Å²) in [5, 5.41) is 4.57. The summed E-state index contributed by atoms with van der Waals surface area (Å²) in [6.45, 7) is 0.0333. The Kier molecular flexibility index (Phi) is 5.42. The lowest BCUT2D eigenvalue weighted by Gasteiger charge is -2.25. The average Bonchev–Trinajstić information content (AvgIpc) is 3.33. The minimum absolute atomic E-state index is 0.0333. The fourth-order valence-corrected chi connectivity index (χ4v) is 3.38. The molecule has 1 aliphatic heterocycles. The Morgan fingerprint density at radius 2 is 1.73 bits per heavy atom. The molecule has 3 heterocycles. The number of nitrogens with zero attached hydrogens (tertiary/aromatic N) is 3. The molecule has 0 saturated heterocycles. The molecule has 0 radical (unpaired) electrons. The first-order chi connectivity index (χ1) is 16.2. The Labute approximate surface area is 189 Å². The van der Waals surface area contributed by atoms with E-state index in [1.54, 1.807) is 47.5 Å². The van der Waals surface area contributed by atoms with Gasteiger partial charge in [-0.3, -0.25) is 25.4 Å². The van der Waals surface area contributed by atoms with Gasteiger partial charge in [-0.2, -0.15) is 5.10 Å². The molecule has 5 rings (SSSR count). The van der Waals surface area contributed by atoms with E-state index in [2.05, 4.69) is 20.9 Å². The summed E-state index contributed by atoms with van der Waals surface area (Å²) in [6.07, 6.45) is 3.97. The number of carbonyl (C=O) groups is 2. The third-order valence-corrected chi connectivity index (χ3v) is 5.01. The van der Waals surface area contributed by atoms with Gasteiger partial charge in [-0.15, -0.1) is 0 Å². The van der Waals surface area contributed by atoms with Gasteiger partial charge in [0.05, 0.1) is 11.3 Å². The van der Waals surface area contributed by atoms with Gasteiger partial charge < -0.3 is 9.47 Å². The van der Waals surface area contributed by atoms with E-state index in [-0.39, 0.29) is 12.2 Å². The van der Waals surface area contributed by atoms with Gasteiger partial charge >= 0.3 is 0 Å². The highest BCUT2D eigenvalue weighted by Gasteiger charge is 2.28. The van der Waals surface area contributed by atoms with Crippen LogP contribution in [0.4, 0.5) is 0 Å². The van der Waals surface area contributed by atoms with Crippen molar-refractivity contribution in [2.75, 3.05) is 6.61 Å². The number of rotatable bonds is 4. The van der Waals surface area contributed by atoms with Crippen LogP contribution in [0.1, 0.15) is 10.4 Å². The van der Waals surface area contributed by atoms with E-state index in [0.717, 1.165) is 5.69 Å². The molecule has 2 aromatic heterocycles. The van der Waals surface area contributed by atoms with Gasteiger partial charge in [0.15, 0.2) is 11.5 Å². The van der Waals surface area contributed by atoms with Crippen LogP contribution < -0.4 is 20.3 Å². The molecule has 2 N–H and O–H groups in total. The zero-order valence-corrected chi connectivity index (χ0v) is 17.3. The molecule has 0 aliphatic carbocycles. The maximum absolute atomic E-state index is 13.0. The molecule has 9 heteroatoms. The van der Waals surface area contributed by atoms with E-state index in [4.69, 9.17) is 9.47 Å². The van der Waals surface area contributed by atoms with Crippen molar-refractivity contribution in [3.63, 3.8) is 0 Å². The Morgan fingerprint density at radius 3 is 2.52 bits per heavy atom. The lowest BCUT2D eigenvalue weighted by molar-refractivity contribution is -0.131. The average molecular weight is 441 g/mol. The predicted molar refractivity (Wildman–Crippen MR) is 119 cm³/mol. The molecule has 4 aromatic rings. The van der Waals surface area contributed by atoms with Crippen LogP contribution in [0.2, 0.25) is 0 Å². The van der Waals surface area contributed by atoms with E-state index >= 15 is 0 Å². The highest BCUT2D eigenvalue weighted by molar-refractivity contribution is 6.00. The number of hydrogen-bond donors (Lipinski definition) is 2. The van der Waals surface area contributed by atoms with Gasteiger partial charge in [0, 0.05) is 24.2 Å². The summed E-state index contributed by atoms with van der Waals surface area (Å²) in [5.74, 6) is -0.0176. The molecule has 1 aliphatic rings. The molecule has 164 valence electrons. The van der Waals surface area contributed by atoms with Crippen molar-refractivity contribution in [3.8, 4) is 28.4 Å². The summed E-state index contributed by atoms with van der Waals surface area (Å²) in [5.41, 5.74) is 7.03. The molecule has 0 fully saturated rings. The lowest BCUT2D eigenvalue weighted by atomic mass is 10.1. The van der Waals surface area contributed by atoms with Gasteiger partial charge in [0.2, 0.25) is 6.10 Å². The molecule has 0 spiro atoms. The third-order valence-electron chi connectivity index (χ3n) is 5.01. The minimum atomic E-state index is -0.898. The minimum Gasteiger partial charge on any atom is -0.485 e. The van der Waals surface area contributed by atoms with Crippen LogP contribution in [0, 0.1) is 0 Å². The maximum atomic E-state index is 13.0.